The first kappa shape index (κ1) is 29.5. The summed E-state index contributed by atoms with van der Waals surface area (Å²) in [5.74, 6) is -0.418. The summed E-state index contributed by atoms with van der Waals surface area (Å²) in [4.78, 5) is 45.3. The highest BCUT2D eigenvalue weighted by Crippen LogP contribution is 2.44. The number of aldehydes is 1. The number of hydrogen-bond donors (Lipinski definition) is 5. The first-order valence-corrected chi connectivity index (χ1v) is 15.7. The van der Waals surface area contributed by atoms with Gasteiger partial charge in [0.1, 0.15) is 17.2 Å². The molecule has 3 aromatic rings. The molecule has 0 radical (unpaired) electrons. The molecular formula is C33H38N10O3. The van der Waals surface area contributed by atoms with E-state index in [1.807, 2.05) is 37.5 Å². The minimum absolute atomic E-state index is 0.0114. The van der Waals surface area contributed by atoms with E-state index in [1.54, 1.807) is 6.07 Å². The van der Waals surface area contributed by atoms with Crippen molar-refractivity contribution in [3.05, 3.63) is 83.0 Å². The molecule has 3 fully saturated rings. The molecule has 0 spiro atoms. The van der Waals surface area contributed by atoms with Crippen molar-refractivity contribution in [3.8, 4) is 11.1 Å². The average Bonchev–Trinajstić information content (AvgIpc) is 3.97. The normalized spacial score (nSPS) is 18.5. The summed E-state index contributed by atoms with van der Waals surface area (Å²) in [6.07, 6.45) is 7.75. The number of rotatable bonds is 11. The molecule has 4 aliphatic rings. The van der Waals surface area contributed by atoms with E-state index in [9.17, 15) is 14.4 Å². The molecule has 2 aliphatic heterocycles. The van der Waals surface area contributed by atoms with E-state index in [0.29, 0.717) is 24.5 Å². The van der Waals surface area contributed by atoms with Gasteiger partial charge in [0, 0.05) is 55.8 Å². The van der Waals surface area contributed by atoms with Gasteiger partial charge in [-0.05, 0) is 43.9 Å². The Kier molecular flexibility index (Phi) is 7.69. The molecule has 4 heterocycles. The van der Waals surface area contributed by atoms with Gasteiger partial charge in [0.25, 0.3) is 5.91 Å². The number of nitrogens with zero attached hydrogens (tertiary/aromatic N) is 5. The lowest BCUT2D eigenvalue weighted by Crippen LogP contribution is -2.48. The van der Waals surface area contributed by atoms with E-state index >= 15 is 0 Å². The van der Waals surface area contributed by atoms with Crippen LogP contribution in [0.25, 0.3) is 11.1 Å². The van der Waals surface area contributed by atoms with Crippen LogP contribution in [0.4, 0.5) is 11.4 Å². The number of para-hydroxylation sites is 1. The fourth-order valence-electron chi connectivity index (χ4n) is 6.09. The standard InChI is InChI=1S/C33H38N10O3/c1-41-17-28-25(13-36-43(28)23-15-42(16-23)14-21-4-2-5-22(18-44)37-21)24-6-3-7-26(31(24)41)39-27(30(35)33(46)38-20-10-11-20)12-29(34)40-32(45)19-8-9-19/h2-7,12-13,18-20,23,39H,8-11,14-17,34-35H2,1H3,(H,38,46)(H,40,45)/b29-12+,30-27+. The van der Waals surface area contributed by atoms with Crippen molar-refractivity contribution in [2.45, 2.75) is 50.9 Å². The number of nitrogens with two attached hydrogens (primary N) is 2. The monoisotopic (exact) mass is 622 g/mol. The van der Waals surface area contributed by atoms with Crippen LogP contribution in [0.2, 0.25) is 0 Å². The number of carbonyl (C=O) groups excluding carboxylic acids is 3. The van der Waals surface area contributed by atoms with E-state index in [1.165, 1.54) is 6.08 Å². The maximum absolute atomic E-state index is 13.0. The van der Waals surface area contributed by atoms with Crippen molar-refractivity contribution in [2.24, 2.45) is 17.4 Å². The molecule has 2 amide bonds. The number of hydrogen-bond acceptors (Lipinski definition) is 10. The number of amides is 2. The first-order valence-electron chi connectivity index (χ1n) is 15.7. The lowest BCUT2D eigenvalue weighted by atomic mass is 9.97. The van der Waals surface area contributed by atoms with Crippen LogP contribution < -0.4 is 32.3 Å². The summed E-state index contributed by atoms with van der Waals surface area (Å²) in [5.41, 5.74) is 19.1. The van der Waals surface area contributed by atoms with Crippen LogP contribution in [0.1, 0.15) is 53.6 Å². The van der Waals surface area contributed by atoms with Crippen LogP contribution in [0.3, 0.4) is 0 Å². The molecule has 7 rings (SSSR count). The summed E-state index contributed by atoms with van der Waals surface area (Å²) in [7, 11) is 2.02. The highest BCUT2D eigenvalue weighted by Gasteiger charge is 2.34. The molecular weight excluding hydrogens is 584 g/mol. The van der Waals surface area contributed by atoms with E-state index < -0.39 is 0 Å². The van der Waals surface area contributed by atoms with Gasteiger partial charge in [-0.2, -0.15) is 5.10 Å². The van der Waals surface area contributed by atoms with Crippen molar-refractivity contribution in [3.63, 3.8) is 0 Å². The summed E-state index contributed by atoms with van der Waals surface area (Å²) >= 11 is 0. The molecule has 2 saturated carbocycles. The number of anilines is 2. The van der Waals surface area contributed by atoms with Crippen molar-refractivity contribution < 1.29 is 14.4 Å². The van der Waals surface area contributed by atoms with Gasteiger partial charge in [-0.25, -0.2) is 4.98 Å². The second-order valence-corrected chi connectivity index (χ2v) is 12.6. The summed E-state index contributed by atoms with van der Waals surface area (Å²) < 4.78 is 2.12. The maximum atomic E-state index is 13.0. The number of carbonyl (C=O) groups is 3. The SMILES string of the molecule is CN1Cc2c(cnn2C2CN(Cc3cccc(C=O)n3)C2)-c2cccc(NC(/C=C(\N)NC(=O)C3CC3)=C(/N)C(=O)NC3CC3)c21. The summed E-state index contributed by atoms with van der Waals surface area (Å²) in [6.45, 7) is 2.98. The molecule has 46 heavy (non-hydrogen) atoms. The number of likely N-dealkylation sites (tertiary alicyclic amines) is 1. The summed E-state index contributed by atoms with van der Waals surface area (Å²) in [6, 6.07) is 11.8. The van der Waals surface area contributed by atoms with Crippen molar-refractivity contribution in [2.75, 3.05) is 30.4 Å². The molecule has 238 valence electrons. The third-order valence-electron chi connectivity index (χ3n) is 8.84. The molecule has 13 heteroatoms. The molecule has 13 nitrogen and oxygen atoms in total. The topological polar surface area (TPSA) is 177 Å². The third-order valence-corrected chi connectivity index (χ3v) is 8.84. The molecule has 0 unspecified atom stereocenters. The maximum Gasteiger partial charge on any atom is 0.269 e. The van der Waals surface area contributed by atoms with Gasteiger partial charge in [0.2, 0.25) is 5.91 Å². The van der Waals surface area contributed by atoms with Crippen molar-refractivity contribution in [1.29, 1.82) is 0 Å². The van der Waals surface area contributed by atoms with Gasteiger partial charge in [-0.1, -0.05) is 18.2 Å². The van der Waals surface area contributed by atoms with Gasteiger partial charge in [-0.15, -0.1) is 0 Å². The van der Waals surface area contributed by atoms with Gasteiger partial charge in [0.15, 0.2) is 6.29 Å². The van der Waals surface area contributed by atoms with Gasteiger partial charge in [-0.3, -0.25) is 24.0 Å². The zero-order chi connectivity index (χ0) is 31.9. The lowest BCUT2D eigenvalue weighted by Gasteiger charge is -2.40. The minimum atomic E-state index is -0.383. The molecule has 2 aromatic heterocycles. The Bertz CT molecular complexity index is 1760. The highest BCUT2D eigenvalue weighted by molar-refractivity contribution is 5.96. The quantitative estimate of drug-likeness (QED) is 0.121. The van der Waals surface area contributed by atoms with Crippen LogP contribution in [0, 0.1) is 5.92 Å². The van der Waals surface area contributed by atoms with Crippen LogP contribution in [-0.2, 0) is 22.7 Å². The van der Waals surface area contributed by atoms with Crippen LogP contribution in [-0.4, -0.2) is 63.9 Å². The zero-order valence-corrected chi connectivity index (χ0v) is 25.7. The molecule has 2 aliphatic carbocycles. The third kappa shape index (κ3) is 6.05. The molecule has 1 saturated heterocycles. The largest absolute Gasteiger partial charge is 0.393 e. The van der Waals surface area contributed by atoms with Crippen molar-refractivity contribution >= 4 is 29.5 Å². The zero-order valence-electron chi connectivity index (χ0n) is 25.7. The van der Waals surface area contributed by atoms with E-state index in [0.717, 1.165) is 78.9 Å². The number of allylic oxidation sites excluding steroid dienone is 1. The first-order chi connectivity index (χ1) is 22.3. The number of benzene rings is 1. The Balaban J connectivity index is 1.12. The lowest BCUT2D eigenvalue weighted by molar-refractivity contribution is -0.121. The molecule has 7 N–H and O–H groups in total. The fraction of sp³-hybridized carbons (Fsp3) is 0.364. The predicted molar refractivity (Wildman–Crippen MR) is 173 cm³/mol. The van der Waals surface area contributed by atoms with Crippen LogP contribution in [0.15, 0.2) is 65.9 Å². The second kappa shape index (κ2) is 12.0. The highest BCUT2D eigenvalue weighted by atomic mass is 16.2. The van der Waals surface area contributed by atoms with Crippen LogP contribution in [0.5, 0.6) is 0 Å². The van der Waals surface area contributed by atoms with Crippen molar-refractivity contribution in [1.82, 2.24) is 30.3 Å². The van der Waals surface area contributed by atoms with E-state index in [4.69, 9.17) is 16.6 Å². The predicted octanol–water partition coefficient (Wildman–Crippen LogP) is 1.95. The Morgan fingerprint density at radius 3 is 2.57 bits per heavy atom. The summed E-state index contributed by atoms with van der Waals surface area (Å²) in [5, 5.41) is 13.8. The molecule has 1 aromatic carbocycles. The number of fused-ring (bicyclic) bond motifs is 3. The fourth-order valence-corrected chi connectivity index (χ4v) is 6.09. The van der Waals surface area contributed by atoms with E-state index in [-0.39, 0.29) is 41.3 Å². The average molecular weight is 623 g/mol. The van der Waals surface area contributed by atoms with E-state index in [2.05, 4.69) is 41.5 Å². The Morgan fingerprint density at radius 1 is 1.04 bits per heavy atom. The smallest absolute Gasteiger partial charge is 0.269 e. The van der Waals surface area contributed by atoms with Gasteiger partial charge in [0.05, 0.1) is 47.2 Å². The number of pyridine rings is 1. The molecule has 0 atom stereocenters. The Labute approximate surface area is 266 Å². The molecule has 0 bridgehead atoms. The number of aromatic nitrogens is 3. The number of nitrogens with one attached hydrogen (secondary N) is 3. The minimum Gasteiger partial charge on any atom is -0.393 e. The second-order valence-electron chi connectivity index (χ2n) is 12.6. The van der Waals surface area contributed by atoms with Crippen LogP contribution >= 0.6 is 0 Å². The Morgan fingerprint density at radius 2 is 1.83 bits per heavy atom. The Hall–Kier alpha value is -5.17. The van der Waals surface area contributed by atoms with Gasteiger partial charge >= 0.3 is 0 Å². The van der Waals surface area contributed by atoms with Gasteiger partial charge < -0.3 is 32.3 Å².